The summed E-state index contributed by atoms with van der Waals surface area (Å²) in [7, 11) is -2.30. The van der Waals surface area contributed by atoms with E-state index in [-0.39, 0.29) is 21.4 Å². The molecule has 0 bridgehead atoms. The lowest BCUT2D eigenvalue weighted by Crippen LogP contribution is -2.42. The summed E-state index contributed by atoms with van der Waals surface area (Å²) in [6, 6.07) is -0.405. The fraction of sp³-hybridized carbons (Fsp3) is 0.667. The minimum atomic E-state index is -3.79. The maximum atomic E-state index is 12.4. The monoisotopic (exact) mass is 366 g/mol. The van der Waals surface area contributed by atoms with E-state index in [9.17, 15) is 8.42 Å². The second-order valence-corrected chi connectivity index (χ2v) is 6.98. The van der Waals surface area contributed by atoms with Crippen LogP contribution in [0.2, 0.25) is 0 Å². The highest BCUT2D eigenvalue weighted by atomic mass is 79.9. The van der Waals surface area contributed by atoms with Crippen molar-refractivity contribution in [1.82, 2.24) is 19.7 Å². The first-order valence-corrected chi connectivity index (χ1v) is 8.19. The van der Waals surface area contributed by atoms with Crippen LogP contribution < -0.4 is 10.5 Å². The first-order chi connectivity index (χ1) is 9.36. The second kappa shape index (κ2) is 5.66. The van der Waals surface area contributed by atoms with Crippen LogP contribution in [0.15, 0.2) is 14.8 Å². The van der Waals surface area contributed by atoms with Gasteiger partial charge in [0.1, 0.15) is 5.84 Å². The predicted molar refractivity (Wildman–Crippen MR) is 73.6 cm³/mol. The number of nitrogens with zero attached hydrogens (tertiary/aromatic N) is 4. The summed E-state index contributed by atoms with van der Waals surface area (Å²) in [5, 5.41) is 18.9. The number of hydrogen-bond acceptors (Lipinski definition) is 6. The van der Waals surface area contributed by atoms with Crippen LogP contribution in [0.4, 0.5) is 0 Å². The third kappa shape index (κ3) is 2.79. The van der Waals surface area contributed by atoms with Gasteiger partial charge in [0.15, 0.2) is 4.60 Å². The number of amidine groups is 1. The van der Waals surface area contributed by atoms with Crippen LogP contribution in [0.3, 0.4) is 0 Å². The molecule has 1 aliphatic carbocycles. The summed E-state index contributed by atoms with van der Waals surface area (Å²) < 4.78 is 28.6. The molecule has 20 heavy (non-hydrogen) atoms. The maximum Gasteiger partial charge on any atom is 0.260 e. The van der Waals surface area contributed by atoms with Gasteiger partial charge in [-0.25, -0.2) is 17.8 Å². The third-order valence-electron chi connectivity index (χ3n) is 3.31. The Morgan fingerprint density at radius 3 is 2.85 bits per heavy atom. The molecule has 1 aromatic heterocycles. The minimum Gasteiger partial charge on any atom is -0.409 e. The molecule has 0 radical (unpaired) electrons. The summed E-state index contributed by atoms with van der Waals surface area (Å²) in [5.74, 6) is -0.271. The van der Waals surface area contributed by atoms with Gasteiger partial charge in [0.05, 0.1) is 0 Å². The molecule has 1 heterocycles. The summed E-state index contributed by atoms with van der Waals surface area (Å²) in [6.45, 7) is 0. The topological polar surface area (TPSA) is 135 Å². The number of halogens is 1. The van der Waals surface area contributed by atoms with E-state index >= 15 is 0 Å². The molecule has 0 aliphatic heterocycles. The molecule has 2 rings (SSSR count). The van der Waals surface area contributed by atoms with Gasteiger partial charge < -0.3 is 10.9 Å². The third-order valence-corrected chi connectivity index (χ3v) is 5.69. The van der Waals surface area contributed by atoms with E-state index in [4.69, 9.17) is 10.9 Å². The molecule has 1 saturated carbocycles. The van der Waals surface area contributed by atoms with Gasteiger partial charge in [0, 0.05) is 19.0 Å². The molecule has 9 nitrogen and oxygen atoms in total. The van der Waals surface area contributed by atoms with Crippen molar-refractivity contribution in [3.05, 3.63) is 4.60 Å². The number of hydrogen-bond donors (Lipinski definition) is 3. The van der Waals surface area contributed by atoms with Crippen LogP contribution in [-0.2, 0) is 17.1 Å². The first-order valence-electron chi connectivity index (χ1n) is 5.91. The number of aromatic nitrogens is 3. The van der Waals surface area contributed by atoms with Crippen molar-refractivity contribution in [3.8, 4) is 0 Å². The molecular formula is C9H15BrN6O3S. The van der Waals surface area contributed by atoms with Crippen LogP contribution in [0.1, 0.15) is 19.3 Å². The van der Waals surface area contributed by atoms with Gasteiger partial charge in [-0.1, -0.05) is 16.8 Å². The highest BCUT2D eigenvalue weighted by molar-refractivity contribution is 9.10. The molecule has 0 amide bonds. The molecule has 0 spiro atoms. The number of aryl methyl sites for hydroxylation is 1. The number of nitrogens with two attached hydrogens (primary N) is 1. The first kappa shape index (κ1) is 15.2. The molecule has 11 heteroatoms. The minimum absolute atomic E-state index is 0.0393. The summed E-state index contributed by atoms with van der Waals surface area (Å²) in [5.41, 5.74) is 5.59. The van der Waals surface area contributed by atoms with Crippen molar-refractivity contribution >= 4 is 31.8 Å². The molecule has 1 fully saturated rings. The van der Waals surface area contributed by atoms with Gasteiger partial charge in [-0.05, 0) is 28.8 Å². The molecule has 112 valence electrons. The van der Waals surface area contributed by atoms with Crippen molar-refractivity contribution < 1.29 is 13.6 Å². The average molecular weight is 367 g/mol. The van der Waals surface area contributed by atoms with Crippen molar-refractivity contribution in [2.75, 3.05) is 0 Å². The van der Waals surface area contributed by atoms with Gasteiger partial charge in [-0.15, -0.1) is 5.10 Å². The van der Waals surface area contributed by atoms with E-state index in [1.54, 1.807) is 0 Å². The van der Waals surface area contributed by atoms with Crippen molar-refractivity contribution in [1.29, 1.82) is 0 Å². The summed E-state index contributed by atoms with van der Waals surface area (Å²) in [6.07, 6.45) is 2.11. The number of rotatable bonds is 4. The zero-order chi connectivity index (χ0) is 14.9. The highest BCUT2D eigenvalue weighted by Crippen LogP contribution is 2.28. The molecular weight excluding hydrogens is 352 g/mol. The van der Waals surface area contributed by atoms with Crippen LogP contribution in [-0.4, -0.2) is 40.5 Å². The molecule has 1 aromatic rings. The number of nitrogens with one attached hydrogen (secondary N) is 1. The molecule has 0 saturated heterocycles. The van der Waals surface area contributed by atoms with Crippen molar-refractivity contribution in [2.24, 2.45) is 23.9 Å². The number of sulfonamides is 1. The Kier molecular flexibility index (Phi) is 4.30. The van der Waals surface area contributed by atoms with Crippen molar-refractivity contribution in [2.45, 2.75) is 30.3 Å². The Labute approximate surface area is 124 Å². The molecule has 1 aliphatic rings. The molecule has 4 N–H and O–H groups in total. The summed E-state index contributed by atoms with van der Waals surface area (Å²) in [4.78, 5) is 0. The molecule has 2 unspecified atom stereocenters. The van der Waals surface area contributed by atoms with Crippen molar-refractivity contribution in [3.63, 3.8) is 0 Å². The van der Waals surface area contributed by atoms with E-state index in [1.165, 1.54) is 11.7 Å². The van der Waals surface area contributed by atoms with Gasteiger partial charge in [-0.3, -0.25) is 0 Å². The Bertz CT molecular complexity index is 608. The SMILES string of the molecule is Cn1nnc(Br)c1S(=O)(=O)NC1CCCC1C(N)=NO. The maximum absolute atomic E-state index is 12.4. The Morgan fingerprint density at radius 2 is 2.30 bits per heavy atom. The molecule has 0 aromatic carbocycles. The van der Waals surface area contributed by atoms with E-state index in [0.717, 1.165) is 6.42 Å². The van der Waals surface area contributed by atoms with E-state index < -0.39 is 16.1 Å². The largest absolute Gasteiger partial charge is 0.409 e. The Balaban J connectivity index is 2.25. The standard InChI is InChI=1S/C9H15BrN6O3S/c1-16-9(7(10)12-15-16)20(18,19)14-6-4-2-3-5(6)8(11)13-17/h5-6,14,17H,2-4H2,1H3,(H2,11,13). The fourth-order valence-corrected chi connectivity index (χ4v) is 4.80. The summed E-state index contributed by atoms with van der Waals surface area (Å²) >= 11 is 3.06. The van der Waals surface area contributed by atoms with Crippen LogP contribution >= 0.6 is 15.9 Å². The fourth-order valence-electron chi connectivity index (χ4n) is 2.39. The zero-order valence-electron chi connectivity index (χ0n) is 10.7. The lowest BCUT2D eigenvalue weighted by molar-refractivity contribution is 0.312. The normalized spacial score (nSPS) is 24.2. The molecule has 2 atom stereocenters. The van der Waals surface area contributed by atoms with Gasteiger partial charge >= 0.3 is 0 Å². The Hall–Kier alpha value is -1.20. The lowest BCUT2D eigenvalue weighted by Gasteiger charge is -2.19. The zero-order valence-corrected chi connectivity index (χ0v) is 13.1. The van der Waals surface area contributed by atoms with Crippen LogP contribution in [0.25, 0.3) is 0 Å². The lowest BCUT2D eigenvalue weighted by atomic mass is 10.0. The average Bonchev–Trinajstić information content (AvgIpc) is 2.95. The van der Waals surface area contributed by atoms with E-state index in [0.29, 0.717) is 12.8 Å². The quantitative estimate of drug-likeness (QED) is 0.291. The van der Waals surface area contributed by atoms with E-state index in [1.807, 2.05) is 0 Å². The Morgan fingerprint density at radius 1 is 1.60 bits per heavy atom. The van der Waals surface area contributed by atoms with Gasteiger partial charge in [-0.2, -0.15) is 0 Å². The van der Waals surface area contributed by atoms with Crippen LogP contribution in [0, 0.1) is 5.92 Å². The van der Waals surface area contributed by atoms with Gasteiger partial charge in [0.2, 0.25) is 5.03 Å². The highest BCUT2D eigenvalue weighted by Gasteiger charge is 2.35. The van der Waals surface area contributed by atoms with Gasteiger partial charge in [0.25, 0.3) is 10.0 Å². The number of oxime groups is 1. The van der Waals surface area contributed by atoms with E-state index in [2.05, 4.69) is 36.1 Å². The predicted octanol–water partition coefficient (Wildman–Crippen LogP) is -0.229. The second-order valence-electron chi connectivity index (χ2n) is 4.60. The smallest absolute Gasteiger partial charge is 0.260 e. The van der Waals surface area contributed by atoms with Crippen LogP contribution in [0.5, 0.6) is 0 Å².